The smallest absolute Gasteiger partial charge is 0.354 e. The first kappa shape index (κ1) is 21.0. The number of rotatable bonds is 8. The maximum atomic E-state index is 11.9. The van der Waals surface area contributed by atoms with Crippen LogP contribution in [-0.4, -0.2) is 47.9 Å². The fraction of sp³-hybridized carbons (Fsp3) is 0.294. The summed E-state index contributed by atoms with van der Waals surface area (Å²) in [7, 11) is 2.29. The number of benzene rings is 1. The molecule has 148 valence electrons. The van der Waals surface area contributed by atoms with E-state index in [1.807, 2.05) is 0 Å². The van der Waals surface area contributed by atoms with E-state index in [0.717, 1.165) is 12.7 Å². The molecule has 1 heterocycles. The van der Waals surface area contributed by atoms with E-state index >= 15 is 0 Å². The van der Waals surface area contributed by atoms with Crippen molar-refractivity contribution in [1.29, 1.82) is 0 Å². The molecule has 0 saturated heterocycles. The Kier molecular flexibility index (Phi) is 7.64. The van der Waals surface area contributed by atoms with Crippen LogP contribution in [0.5, 0.6) is 0 Å². The van der Waals surface area contributed by atoms with Gasteiger partial charge in [-0.05, 0) is 24.3 Å². The summed E-state index contributed by atoms with van der Waals surface area (Å²) in [5, 5.41) is 8.05. The van der Waals surface area contributed by atoms with Gasteiger partial charge in [0, 0.05) is 23.4 Å². The van der Waals surface area contributed by atoms with Gasteiger partial charge in [0.05, 0.1) is 20.6 Å². The molecule has 0 aliphatic heterocycles. The summed E-state index contributed by atoms with van der Waals surface area (Å²) in [6.07, 6.45) is -0.303. The highest BCUT2D eigenvalue weighted by Gasteiger charge is 2.18. The molecule has 11 heteroatoms. The number of methoxy groups -OCH3 is 2. The van der Waals surface area contributed by atoms with E-state index < -0.39 is 24.3 Å². The number of carbonyl (C=O) groups excluding carboxylic acids is 3. The Bertz CT molecular complexity index is 878. The van der Waals surface area contributed by atoms with Crippen molar-refractivity contribution >= 4 is 35.2 Å². The molecule has 2 aromatic rings. The lowest BCUT2D eigenvalue weighted by molar-refractivity contribution is -0.140. The van der Waals surface area contributed by atoms with Crippen molar-refractivity contribution in [1.82, 2.24) is 15.6 Å². The van der Waals surface area contributed by atoms with Crippen molar-refractivity contribution in [3.05, 3.63) is 35.2 Å². The van der Waals surface area contributed by atoms with E-state index in [0.29, 0.717) is 10.8 Å². The number of carbonyl (C=O) groups is 3. The average molecular weight is 409 g/mol. The first-order valence-electron chi connectivity index (χ1n) is 8.02. The molecule has 0 radical (unpaired) electrons. The third-order valence-corrected chi connectivity index (χ3v) is 3.66. The summed E-state index contributed by atoms with van der Waals surface area (Å²) < 4.78 is 14.1. The van der Waals surface area contributed by atoms with Gasteiger partial charge in [0.1, 0.15) is 0 Å². The maximum Gasteiger partial charge on any atom is 0.354 e. The lowest BCUT2D eigenvalue weighted by Gasteiger charge is -2.04. The Morgan fingerprint density at radius 3 is 2.54 bits per heavy atom. The second-order valence-electron chi connectivity index (χ2n) is 5.36. The molecule has 10 nitrogen and oxygen atoms in total. The van der Waals surface area contributed by atoms with E-state index in [2.05, 4.69) is 30.1 Å². The molecule has 28 heavy (non-hydrogen) atoms. The van der Waals surface area contributed by atoms with Crippen molar-refractivity contribution in [2.75, 3.05) is 14.2 Å². The fourth-order valence-corrected chi connectivity index (χ4v) is 2.09. The quantitative estimate of drug-likeness (QED) is 0.395. The maximum absolute atomic E-state index is 11.9. The van der Waals surface area contributed by atoms with E-state index in [1.54, 1.807) is 24.3 Å². The number of aryl methyl sites for hydroxylation is 1. The van der Waals surface area contributed by atoms with Crippen LogP contribution >= 0.6 is 11.6 Å². The van der Waals surface area contributed by atoms with Crippen LogP contribution in [0.15, 0.2) is 33.9 Å². The molecule has 0 spiro atoms. The number of ether oxygens (including phenoxy) is 2. The first-order chi connectivity index (χ1) is 13.4. The number of hydrazone groups is 1. The molecule has 0 unspecified atom stereocenters. The van der Waals surface area contributed by atoms with Crippen LogP contribution in [0.4, 0.5) is 0 Å². The summed E-state index contributed by atoms with van der Waals surface area (Å²) in [6, 6.07) is 6.89. The number of hydrogen-bond donors (Lipinski definition) is 1. The van der Waals surface area contributed by atoms with Crippen LogP contribution in [0.2, 0.25) is 5.02 Å². The largest absolute Gasteiger partial charge is 0.469 e. The zero-order chi connectivity index (χ0) is 20.5. The summed E-state index contributed by atoms with van der Waals surface area (Å²) in [4.78, 5) is 38.9. The van der Waals surface area contributed by atoms with E-state index in [-0.39, 0.29) is 24.4 Å². The molecule has 1 amide bonds. The van der Waals surface area contributed by atoms with Crippen molar-refractivity contribution in [2.24, 2.45) is 5.10 Å². The molecule has 2 rings (SSSR count). The van der Waals surface area contributed by atoms with E-state index in [9.17, 15) is 14.4 Å². The Morgan fingerprint density at radius 1 is 1.18 bits per heavy atom. The van der Waals surface area contributed by atoms with E-state index in [1.165, 1.54) is 7.11 Å². The Hall–Kier alpha value is -3.27. The first-order valence-corrected chi connectivity index (χ1v) is 8.39. The molecule has 0 atom stereocenters. The van der Waals surface area contributed by atoms with Crippen LogP contribution in [0.3, 0.4) is 0 Å². The summed E-state index contributed by atoms with van der Waals surface area (Å²) >= 11 is 5.83. The number of esters is 2. The Morgan fingerprint density at radius 2 is 1.89 bits per heavy atom. The number of aromatic nitrogens is 2. The van der Waals surface area contributed by atoms with Gasteiger partial charge in [-0.15, -0.1) is 0 Å². The predicted molar refractivity (Wildman–Crippen MR) is 97.3 cm³/mol. The molecule has 1 N–H and O–H groups in total. The lowest BCUT2D eigenvalue weighted by atomic mass is 10.2. The minimum atomic E-state index is -0.852. The van der Waals surface area contributed by atoms with Gasteiger partial charge in [0.15, 0.2) is 5.71 Å². The average Bonchev–Trinajstić information content (AvgIpc) is 3.18. The zero-order valence-electron chi connectivity index (χ0n) is 15.1. The molecule has 0 aliphatic rings. The number of nitrogens with one attached hydrogen (secondary N) is 1. The molecule has 0 fully saturated rings. The van der Waals surface area contributed by atoms with Gasteiger partial charge in [-0.2, -0.15) is 10.1 Å². The molecule has 1 aromatic carbocycles. The van der Waals surface area contributed by atoms with Crippen LogP contribution in [0.25, 0.3) is 11.4 Å². The molecule has 0 saturated carbocycles. The highest BCUT2D eigenvalue weighted by Crippen LogP contribution is 2.18. The second-order valence-corrected chi connectivity index (χ2v) is 5.79. The minimum Gasteiger partial charge on any atom is -0.469 e. The Labute approximate surface area is 164 Å². The SMILES string of the molecule is COC(=O)C/C(=N\NC(=O)CCc1nc(-c2ccc(Cl)cc2)no1)C(=O)OC. The minimum absolute atomic E-state index is 0.0293. The van der Waals surface area contributed by atoms with Gasteiger partial charge >= 0.3 is 11.9 Å². The summed E-state index contributed by atoms with van der Waals surface area (Å²) in [5.74, 6) is -1.44. The van der Waals surface area contributed by atoms with Crippen molar-refractivity contribution in [3.8, 4) is 11.4 Å². The summed E-state index contributed by atoms with van der Waals surface area (Å²) in [5.41, 5.74) is 2.61. The van der Waals surface area contributed by atoms with Crippen molar-refractivity contribution < 1.29 is 28.4 Å². The van der Waals surface area contributed by atoms with Crippen molar-refractivity contribution in [2.45, 2.75) is 19.3 Å². The van der Waals surface area contributed by atoms with Gasteiger partial charge in [-0.3, -0.25) is 9.59 Å². The van der Waals surface area contributed by atoms with Crippen LogP contribution in [0, 0.1) is 0 Å². The fourth-order valence-electron chi connectivity index (χ4n) is 1.96. The lowest BCUT2D eigenvalue weighted by Crippen LogP contribution is -2.26. The second kappa shape index (κ2) is 10.2. The van der Waals surface area contributed by atoms with Gasteiger partial charge in [-0.1, -0.05) is 16.8 Å². The highest BCUT2D eigenvalue weighted by molar-refractivity contribution is 6.39. The van der Waals surface area contributed by atoms with Gasteiger partial charge < -0.3 is 14.0 Å². The number of hydrogen-bond acceptors (Lipinski definition) is 9. The normalized spacial score (nSPS) is 11.0. The monoisotopic (exact) mass is 408 g/mol. The standard InChI is InChI=1S/C17H17ClN4O6/c1-26-15(24)9-12(17(25)27-2)20-21-13(23)7-8-14-19-16(22-28-14)10-3-5-11(18)6-4-10/h3-6H,7-9H2,1-2H3,(H,21,23)/b20-12+. The molecular weight excluding hydrogens is 392 g/mol. The van der Waals surface area contributed by atoms with Crippen LogP contribution in [0.1, 0.15) is 18.7 Å². The third-order valence-electron chi connectivity index (χ3n) is 3.41. The summed E-state index contributed by atoms with van der Waals surface area (Å²) in [6.45, 7) is 0. The van der Waals surface area contributed by atoms with E-state index in [4.69, 9.17) is 16.1 Å². The molecule has 0 bridgehead atoms. The van der Waals surface area contributed by atoms with Crippen LogP contribution < -0.4 is 5.43 Å². The Balaban J connectivity index is 1.91. The number of halogens is 1. The van der Waals surface area contributed by atoms with Gasteiger partial charge in [0.2, 0.25) is 17.6 Å². The third kappa shape index (κ3) is 6.16. The van der Waals surface area contributed by atoms with Gasteiger partial charge in [0.25, 0.3) is 0 Å². The van der Waals surface area contributed by atoms with Crippen molar-refractivity contribution in [3.63, 3.8) is 0 Å². The molecular formula is C17H17ClN4O6. The topological polar surface area (TPSA) is 133 Å². The van der Waals surface area contributed by atoms with Gasteiger partial charge in [-0.25, -0.2) is 10.2 Å². The number of amides is 1. The zero-order valence-corrected chi connectivity index (χ0v) is 15.9. The molecule has 1 aromatic heterocycles. The highest BCUT2D eigenvalue weighted by atomic mass is 35.5. The number of nitrogens with zero attached hydrogens (tertiary/aromatic N) is 3. The molecule has 0 aliphatic carbocycles. The van der Waals surface area contributed by atoms with Crippen LogP contribution in [-0.2, 0) is 30.3 Å². The predicted octanol–water partition coefficient (Wildman–Crippen LogP) is 1.53.